The summed E-state index contributed by atoms with van der Waals surface area (Å²) in [7, 11) is 0. The quantitative estimate of drug-likeness (QED) is 0.643. The van der Waals surface area contributed by atoms with Crippen LogP contribution < -0.4 is 11.1 Å². The van der Waals surface area contributed by atoms with Gasteiger partial charge in [0.1, 0.15) is 0 Å². The van der Waals surface area contributed by atoms with E-state index in [1.54, 1.807) is 19.9 Å². The van der Waals surface area contributed by atoms with Crippen LogP contribution in [0.5, 0.6) is 0 Å². The first-order chi connectivity index (χ1) is 8.24. The van der Waals surface area contributed by atoms with Gasteiger partial charge in [0, 0.05) is 28.8 Å². The molecule has 0 aromatic heterocycles. The fourth-order valence-electron chi connectivity index (χ4n) is 1.16. The fourth-order valence-corrected chi connectivity index (χ4v) is 1.67. The van der Waals surface area contributed by atoms with Crippen LogP contribution in [0.2, 0.25) is 0 Å². The molecule has 1 aromatic rings. The Balaban J connectivity index is 2.81. The lowest BCUT2D eigenvalue weighted by molar-refractivity contribution is -0.384. The lowest BCUT2D eigenvalue weighted by Crippen LogP contribution is -2.37. The smallest absolute Gasteiger partial charge is 0.270 e. The highest BCUT2D eigenvalue weighted by Crippen LogP contribution is 2.28. The van der Waals surface area contributed by atoms with Gasteiger partial charge in [0.25, 0.3) is 5.69 Å². The predicted molar refractivity (Wildman–Crippen MR) is 72.3 cm³/mol. The normalized spacial score (nSPS) is 11.1. The molecular formula is C11H14BrN3O3. The third kappa shape index (κ3) is 3.43. The number of carbonyl (C=O) groups excluding carboxylic acids is 1. The van der Waals surface area contributed by atoms with E-state index < -0.39 is 16.2 Å². The van der Waals surface area contributed by atoms with Crippen molar-refractivity contribution in [3.63, 3.8) is 0 Å². The number of non-ortho nitro benzene ring substituents is 1. The Bertz CT molecular complexity index is 488. The Kier molecular flexibility index (Phi) is 4.28. The molecule has 1 aromatic carbocycles. The van der Waals surface area contributed by atoms with Gasteiger partial charge in [-0.1, -0.05) is 0 Å². The van der Waals surface area contributed by atoms with Crippen molar-refractivity contribution in [3.8, 4) is 0 Å². The van der Waals surface area contributed by atoms with Crippen LogP contribution in [0.1, 0.15) is 13.8 Å². The molecule has 18 heavy (non-hydrogen) atoms. The van der Waals surface area contributed by atoms with Crippen LogP contribution in [-0.2, 0) is 4.79 Å². The number of halogens is 1. The molecule has 0 unspecified atom stereocenters. The number of nitro benzene ring substituents is 1. The van der Waals surface area contributed by atoms with E-state index in [1.165, 1.54) is 12.1 Å². The molecule has 0 aliphatic heterocycles. The van der Waals surface area contributed by atoms with E-state index in [2.05, 4.69) is 21.2 Å². The second-order valence-electron chi connectivity index (χ2n) is 4.52. The number of hydrogen-bond acceptors (Lipinski definition) is 4. The van der Waals surface area contributed by atoms with Crippen LogP contribution in [0.15, 0.2) is 22.7 Å². The zero-order valence-electron chi connectivity index (χ0n) is 10.1. The third-order valence-electron chi connectivity index (χ3n) is 2.55. The summed E-state index contributed by atoms with van der Waals surface area (Å²) in [6, 6.07) is 4.38. The highest BCUT2D eigenvalue weighted by molar-refractivity contribution is 9.10. The van der Waals surface area contributed by atoms with Gasteiger partial charge in [-0.2, -0.15) is 0 Å². The summed E-state index contributed by atoms with van der Waals surface area (Å²) in [5, 5.41) is 13.6. The lowest BCUT2D eigenvalue weighted by atomic mass is 9.93. The van der Waals surface area contributed by atoms with Crippen molar-refractivity contribution in [3.05, 3.63) is 32.8 Å². The number of benzene rings is 1. The number of nitrogens with two attached hydrogens (primary N) is 1. The van der Waals surface area contributed by atoms with Crippen molar-refractivity contribution in [2.45, 2.75) is 13.8 Å². The number of carbonyl (C=O) groups is 1. The number of amides is 1. The van der Waals surface area contributed by atoms with E-state index in [9.17, 15) is 14.9 Å². The molecule has 6 nitrogen and oxygen atoms in total. The molecule has 0 spiro atoms. The summed E-state index contributed by atoms with van der Waals surface area (Å²) in [5.41, 5.74) is 5.24. The first kappa shape index (κ1) is 14.4. The molecule has 0 saturated heterocycles. The van der Waals surface area contributed by atoms with Crippen LogP contribution >= 0.6 is 15.9 Å². The SMILES string of the molecule is CC(C)(CNc1ccc([N+](=O)[O-])cc1Br)C(N)=O. The molecule has 1 amide bonds. The molecule has 0 fully saturated rings. The van der Waals surface area contributed by atoms with Crippen molar-refractivity contribution in [2.24, 2.45) is 11.1 Å². The van der Waals surface area contributed by atoms with Crippen LogP contribution in [0, 0.1) is 15.5 Å². The fraction of sp³-hybridized carbons (Fsp3) is 0.364. The number of nitrogens with zero attached hydrogens (tertiary/aromatic N) is 1. The largest absolute Gasteiger partial charge is 0.383 e. The van der Waals surface area contributed by atoms with Crippen molar-refractivity contribution in [2.75, 3.05) is 11.9 Å². The zero-order valence-corrected chi connectivity index (χ0v) is 11.7. The van der Waals surface area contributed by atoms with Crippen molar-refractivity contribution < 1.29 is 9.72 Å². The molecular weight excluding hydrogens is 302 g/mol. The molecule has 98 valence electrons. The Morgan fingerprint density at radius 3 is 2.61 bits per heavy atom. The molecule has 3 N–H and O–H groups in total. The van der Waals surface area contributed by atoms with Gasteiger partial charge in [-0.25, -0.2) is 0 Å². The summed E-state index contributed by atoms with van der Waals surface area (Å²) in [6.07, 6.45) is 0. The van der Waals surface area contributed by atoms with Gasteiger partial charge in [-0.3, -0.25) is 14.9 Å². The van der Waals surface area contributed by atoms with Gasteiger partial charge in [-0.15, -0.1) is 0 Å². The van der Waals surface area contributed by atoms with Crippen LogP contribution in [0.3, 0.4) is 0 Å². The van der Waals surface area contributed by atoms with E-state index >= 15 is 0 Å². The average molecular weight is 316 g/mol. The van der Waals surface area contributed by atoms with Crippen molar-refractivity contribution in [1.82, 2.24) is 0 Å². The summed E-state index contributed by atoms with van der Waals surface area (Å²) in [6.45, 7) is 3.79. The molecule has 0 saturated carbocycles. The Morgan fingerprint density at radius 1 is 1.56 bits per heavy atom. The van der Waals surface area contributed by atoms with E-state index in [1.807, 2.05) is 0 Å². The van der Waals surface area contributed by atoms with Gasteiger partial charge in [0.05, 0.1) is 10.3 Å². The minimum absolute atomic E-state index is 0.00147. The highest BCUT2D eigenvalue weighted by Gasteiger charge is 2.24. The Labute approximate surface area is 113 Å². The van der Waals surface area contributed by atoms with Crippen LogP contribution in [0.25, 0.3) is 0 Å². The molecule has 0 atom stereocenters. The summed E-state index contributed by atoms with van der Waals surface area (Å²) in [5.74, 6) is -0.409. The standard InChI is InChI=1S/C11H14BrN3O3/c1-11(2,10(13)16)6-14-9-4-3-7(15(17)18)5-8(9)12/h3-5,14H,6H2,1-2H3,(H2,13,16). The molecule has 0 aliphatic rings. The number of nitro groups is 1. The van der Waals surface area contributed by atoms with Crippen LogP contribution in [0.4, 0.5) is 11.4 Å². The first-order valence-corrected chi connectivity index (χ1v) is 6.01. The third-order valence-corrected chi connectivity index (χ3v) is 3.21. The van der Waals surface area contributed by atoms with E-state index in [0.29, 0.717) is 16.7 Å². The van der Waals surface area contributed by atoms with E-state index in [-0.39, 0.29) is 5.69 Å². The van der Waals surface area contributed by atoms with Gasteiger partial charge < -0.3 is 11.1 Å². The minimum atomic E-state index is -0.693. The lowest BCUT2D eigenvalue weighted by Gasteiger charge is -2.21. The van der Waals surface area contributed by atoms with E-state index in [0.717, 1.165) is 0 Å². The van der Waals surface area contributed by atoms with Gasteiger partial charge >= 0.3 is 0 Å². The number of nitrogens with one attached hydrogen (secondary N) is 1. The average Bonchev–Trinajstić information content (AvgIpc) is 2.26. The maximum absolute atomic E-state index is 11.2. The number of anilines is 1. The first-order valence-electron chi connectivity index (χ1n) is 5.22. The van der Waals surface area contributed by atoms with E-state index in [4.69, 9.17) is 5.73 Å². The van der Waals surface area contributed by atoms with Gasteiger partial charge in [0.15, 0.2) is 0 Å². The van der Waals surface area contributed by atoms with Gasteiger partial charge in [0.2, 0.25) is 5.91 Å². The molecule has 7 heteroatoms. The highest BCUT2D eigenvalue weighted by atomic mass is 79.9. The second-order valence-corrected chi connectivity index (χ2v) is 5.38. The summed E-state index contributed by atoms with van der Waals surface area (Å²) >= 11 is 3.24. The Morgan fingerprint density at radius 2 is 2.17 bits per heavy atom. The molecule has 0 aliphatic carbocycles. The number of primary amides is 1. The van der Waals surface area contributed by atoms with Crippen molar-refractivity contribution >= 4 is 33.2 Å². The molecule has 0 heterocycles. The Hall–Kier alpha value is -1.63. The van der Waals surface area contributed by atoms with Gasteiger partial charge in [-0.05, 0) is 35.8 Å². The molecule has 1 rings (SSSR count). The zero-order chi connectivity index (χ0) is 13.9. The van der Waals surface area contributed by atoms with Crippen LogP contribution in [-0.4, -0.2) is 17.4 Å². The second kappa shape index (κ2) is 5.34. The monoisotopic (exact) mass is 315 g/mol. The number of hydrogen-bond donors (Lipinski definition) is 2. The molecule has 0 bridgehead atoms. The summed E-state index contributed by atoms with van der Waals surface area (Å²) in [4.78, 5) is 21.3. The van der Waals surface area contributed by atoms with Crippen molar-refractivity contribution in [1.29, 1.82) is 0 Å². The molecule has 0 radical (unpaired) electrons. The maximum Gasteiger partial charge on any atom is 0.270 e. The maximum atomic E-state index is 11.2. The predicted octanol–water partition coefficient (Wildman–Crippen LogP) is 2.28. The minimum Gasteiger partial charge on any atom is -0.383 e. The summed E-state index contributed by atoms with van der Waals surface area (Å²) < 4.78 is 0.567. The number of rotatable bonds is 5. The topological polar surface area (TPSA) is 98.3 Å².